The number of thiophene rings is 1. The number of hydrogen-bond donors (Lipinski definition) is 1. The van der Waals surface area contributed by atoms with Gasteiger partial charge in [0.1, 0.15) is 0 Å². The molecule has 117 valence electrons. The molecule has 0 spiro atoms. The standard InChI is InChI=1S/C16H14N3O3S/c1-2-15(22)19(8-9-20)16-13(6-3-7-17-16)18-14(21)11-12-5-4-10-23-12/h2-7,10H,1,8,11H2,(H,18,21). The minimum Gasteiger partial charge on any atom is -0.323 e. The van der Waals surface area contributed by atoms with E-state index < -0.39 is 5.91 Å². The molecule has 2 amide bonds. The lowest BCUT2D eigenvalue weighted by atomic mass is 10.3. The van der Waals surface area contributed by atoms with Gasteiger partial charge in [-0.05, 0) is 29.7 Å². The second-order valence-corrected chi connectivity index (χ2v) is 5.48. The second-order valence-electron chi connectivity index (χ2n) is 4.45. The van der Waals surface area contributed by atoms with E-state index in [1.165, 1.54) is 17.5 Å². The summed E-state index contributed by atoms with van der Waals surface area (Å²) in [7, 11) is 0. The molecule has 2 heterocycles. The van der Waals surface area contributed by atoms with Gasteiger partial charge in [0.05, 0.1) is 18.7 Å². The van der Waals surface area contributed by atoms with E-state index in [0.717, 1.165) is 15.9 Å². The third kappa shape index (κ3) is 4.33. The van der Waals surface area contributed by atoms with Crippen LogP contribution in [0.3, 0.4) is 0 Å². The number of anilines is 2. The maximum absolute atomic E-state index is 12.1. The van der Waals surface area contributed by atoms with Gasteiger partial charge in [0.25, 0.3) is 5.91 Å². The summed E-state index contributed by atoms with van der Waals surface area (Å²) in [6, 6.07) is 6.98. The topological polar surface area (TPSA) is 79.4 Å². The third-order valence-electron chi connectivity index (χ3n) is 2.89. The van der Waals surface area contributed by atoms with Crippen molar-refractivity contribution in [2.45, 2.75) is 6.42 Å². The van der Waals surface area contributed by atoms with Gasteiger partial charge in [0, 0.05) is 11.1 Å². The van der Waals surface area contributed by atoms with Gasteiger partial charge in [0.2, 0.25) is 12.2 Å². The SMILES string of the molecule is C=CC(=O)N(C[C]=O)c1ncccc1NC(=O)Cc1cccs1. The quantitative estimate of drug-likeness (QED) is 0.788. The Morgan fingerprint density at radius 3 is 2.87 bits per heavy atom. The summed E-state index contributed by atoms with van der Waals surface area (Å²) < 4.78 is 0. The summed E-state index contributed by atoms with van der Waals surface area (Å²) in [5.74, 6) is -0.552. The van der Waals surface area contributed by atoms with Crippen LogP contribution in [-0.4, -0.2) is 29.6 Å². The van der Waals surface area contributed by atoms with Crippen LogP contribution in [0, 0.1) is 0 Å². The summed E-state index contributed by atoms with van der Waals surface area (Å²) in [5.41, 5.74) is 0.347. The molecule has 7 heteroatoms. The minimum atomic E-state index is -0.499. The Bertz CT molecular complexity index is 713. The van der Waals surface area contributed by atoms with Gasteiger partial charge >= 0.3 is 0 Å². The molecule has 0 aliphatic rings. The van der Waals surface area contributed by atoms with E-state index in [1.54, 1.807) is 18.4 Å². The number of nitrogens with one attached hydrogen (secondary N) is 1. The molecule has 0 aliphatic heterocycles. The van der Waals surface area contributed by atoms with E-state index >= 15 is 0 Å². The van der Waals surface area contributed by atoms with Crippen molar-refractivity contribution < 1.29 is 14.4 Å². The smallest absolute Gasteiger partial charge is 0.252 e. The van der Waals surface area contributed by atoms with Gasteiger partial charge in [0.15, 0.2) is 5.82 Å². The molecule has 0 saturated carbocycles. The molecule has 0 saturated heterocycles. The van der Waals surface area contributed by atoms with Crippen molar-refractivity contribution in [3.63, 3.8) is 0 Å². The lowest BCUT2D eigenvalue weighted by molar-refractivity contribution is -0.116. The highest BCUT2D eigenvalue weighted by atomic mass is 32.1. The van der Waals surface area contributed by atoms with E-state index in [9.17, 15) is 14.4 Å². The van der Waals surface area contributed by atoms with E-state index in [1.807, 2.05) is 17.5 Å². The Kier molecular flexibility index (Phi) is 5.76. The lowest BCUT2D eigenvalue weighted by Gasteiger charge is -2.20. The molecule has 0 bridgehead atoms. The van der Waals surface area contributed by atoms with Crippen LogP contribution < -0.4 is 10.2 Å². The predicted octanol–water partition coefficient (Wildman–Crippen LogP) is 1.95. The fraction of sp³-hybridized carbons (Fsp3) is 0.125. The number of pyridine rings is 1. The van der Waals surface area contributed by atoms with Crippen LogP contribution in [0.4, 0.5) is 11.5 Å². The van der Waals surface area contributed by atoms with Gasteiger partial charge < -0.3 is 5.32 Å². The minimum absolute atomic E-state index is 0.181. The first kappa shape index (κ1) is 16.6. The Morgan fingerprint density at radius 2 is 2.22 bits per heavy atom. The van der Waals surface area contributed by atoms with Crippen LogP contribution >= 0.6 is 11.3 Å². The Morgan fingerprint density at radius 1 is 1.39 bits per heavy atom. The molecular formula is C16H14N3O3S. The number of aromatic nitrogens is 1. The van der Waals surface area contributed by atoms with Gasteiger partial charge in [-0.15, -0.1) is 11.3 Å². The Labute approximate surface area is 137 Å². The van der Waals surface area contributed by atoms with Crippen molar-refractivity contribution in [1.82, 2.24) is 4.98 Å². The van der Waals surface area contributed by atoms with E-state index in [4.69, 9.17) is 0 Å². The van der Waals surface area contributed by atoms with Crippen LogP contribution in [0.5, 0.6) is 0 Å². The van der Waals surface area contributed by atoms with Crippen LogP contribution in [0.15, 0.2) is 48.5 Å². The Balaban J connectivity index is 2.21. The molecule has 6 nitrogen and oxygen atoms in total. The third-order valence-corrected chi connectivity index (χ3v) is 3.77. The highest BCUT2D eigenvalue weighted by Crippen LogP contribution is 2.23. The van der Waals surface area contributed by atoms with Crippen molar-refractivity contribution in [3.8, 4) is 0 Å². The Hall–Kier alpha value is -2.80. The summed E-state index contributed by atoms with van der Waals surface area (Å²) in [6.07, 6.45) is 4.42. The zero-order chi connectivity index (χ0) is 16.7. The lowest BCUT2D eigenvalue weighted by Crippen LogP contribution is -2.32. The van der Waals surface area contributed by atoms with Crippen molar-refractivity contribution in [1.29, 1.82) is 0 Å². The van der Waals surface area contributed by atoms with Crippen LogP contribution in [0.2, 0.25) is 0 Å². The second kappa shape index (κ2) is 8.00. The van der Waals surface area contributed by atoms with E-state index in [2.05, 4.69) is 16.9 Å². The average Bonchev–Trinajstić information content (AvgIpc) is 3.05. The zero-order valence-corrected chi connectivity index (χ0v) is 13.0. The normalized spacial score (nSPS) is 9.91. The average molecular weight is 328 g/mol. The number of hydrogen-bond acceptors (Lipinski definition) is 5. The molecule has 0 unspecified atom stereocenters. The maximum Gasteiger partial charge on any atom is 0.252 e. The maximum atomic E-state index is 12.1. The first-order valence-electron chi connectivity index (χ1n) is 6.72. The summed E-state index contributed by atoms with van der Waals surface area (Å²) in [5, 5.41) is 4.61. The zero-order valence-electron chi connectivity index (χ0n) is 12.2. The predicted molar refractivity (Wildman–Crippen MR) is 89.1 cm³/mol. The summed E-state index contributed by atoms with van der Waals surface area (Å²) in [4.78, 5) is 40.8. The van der Waals surface area contributed by atoms with Crippen LogP contribution in [0.25, 0.3) is 0 Å². The molecule has 0 aromatic carbocycles. The first-order chi connectivity index (χ1) is 11.2. The first-order valence-corrected chi connectivity index (χ1v) is 7.60. The van der Waals surface area contributed by atoms with Gasteiger partial charge in [-0.1, -0.05) is 12.6 Å². The molecule has 0 fully saturated rings. The molecule has 2 aromatic rings. The van der Waals surface area contributed by atoms with Crippen molar-refractivity contribution in [2.24, 2.45) is 0 Å². The van der Waals surface area contributed by atoms with Crippen LogP contribution in [0.1, 0.15) is 4.88 Å². The van der Waals surface area contributed by atoms with Gasteiger partial charge in [-0.3, -0.25) is 19.3 Å². The summed E-state index contributed by atoms with van der Waals surface area (Å²) in [6.45, 7) is 3.10. The highest BCUT2D eigenvalue weighted by Gasteiger charge is 2.19. The monoisotopic (exact) mass is 328 g/mol. The molecule has 0 atom stereocenters. The molecular weight excluding hydrogens is 314 g/mol. The highest BCUT2D eigenvalue weighted by molar-refractivity contribution is 7.10. The van der Waals surface area contributed by atoms with Gasteiger partial charge in [-0.2, -0.15) is 0 Å². The molecule has 23 heavy (non-hydrogen) atoms. The van der Waals surface area contributed by atoms with E-state index in [0.29, 0.717) is 5.69 Å². The molecule has 0 aliphatic carbocycles. The largest absolute Gasteiger partial charge is 0.323 e. The fourth-order valence-electron chi connectivity index (χ4n) is 1.91. The molecule has 1 N–H and O–H groups in total. The fourth-order valence-corrected chi connectivity index (χ4v) is 2.61. The van der Waals surface area contributed by atoms with Crippen molar-refractivity contribution >= 4 is 40.9 Å². The summed E-state index contributed by atoms with van der Waals surface area (Å²) >= 11 is 1.48. The molecule has 1 radical (unpaired) electrons. The van der Waals surface area contributed by atoms with Crippen molar-refractivity contribution in [3.05, 3.63) is 53.4 Å². The number of carbonyl (C=O) groups is 2. The molecule has 2 aromatic heterocycles. The number of carbonyl (C=O) groups excluding carboxylic acids is 3. The van der Waals surface area contributed by atoms with Crippen molar-refractivity contribution in [2.75, 3.05) is 16.8 Å². The van der Waals surface area contributed by atoms with Gasteiger partial charge in [-0.25, -0.2) is 4.98 Å². The van der Waals surface area contributed by atoms with Crippen LogP contribution in [-0.2, 0) is 20.8 Å². The molecule has 2 rings (SSSR count). The number of rotatable bonds is 7. The van der Waals surface area contributed by atoms with E-state index in [-0.39, 0.29) is 24.7 Å². The number of amides is 2. The number of nitrogens with zero attached hydrogens (tertiary/aromatic N) is 2.